The van der Waals surface area contributed by atoms with Crippen LogP contribution in [0.2, 0.25) is 0 Å². The molecule has 1 amide bonds. The maximum Gasteiger partial charge on any atom is 0.254 e. The zero-order valence-electron chi connectivity index (χ0n) is 15.9. The number of nitrogens with zero attached hydrogens (tertiary/aromatic N) is 2. The van der Waals surface area contributed by atoms with Crippen LogP contribution in [0, 0.1) is 6.92 Å². The summed E-state index contributed by atoms with van der Waals surface area (Å²) in [5.74, 6) is 0.725. The van der Waals surface area contributed by atoms with E-state index in [0.717, 1.165) is 5.56 Å². The van der Waals surface area contributed by atoms with E-state index in [9.17, 15) is 4.79 Å². The molecule has 0 fully saturated rings. The van der Waals surface area contributed by atoms with Gasteiger partial charge in [0.25, 0.3) is 5.91 Å². The van der Waals surface area contributed by atoms with Gasteiger partial charge in [-0.3, -0.25) is 4.79 Å². The standard InChI is InChI=1S/C23H25N3O/c1-3-26(17-19-10-5-4-6-11-19)23(27)20-13-14-24-22(15-20)25-16-21-12-8-7-9-18(21)2/h4-15H,3,16-17H2,1-2H3,(H,24,25). The highest BCUT2D eigenvalue weighted by atomic mass is 16.2. The van der Waals surface area contributed by atoms with Crippen LogP contribution < -0.4 is 5.32 Å². The van der Waals surface area contributed by atoms with Crippen molar-refractivity contribution >= 4 is 11.7 Å². The Morgan fingerprint density at radius 2 is 1.78 bits per heavy atom. The van der Waals surface area contributed by atoms with Crippen LogP contribution >= 0.6 is 0 Å². The zero-order chi connectivity index (χ0) is 19.1. The van der Waals surface area contributed by atoms with Crippen molar-refractivity contribution in [1.29, 1.82) is 0 Å². The number of benzene rings is 2. The first-order valence-corrected chi connectivity index (χ1v) is 9.25. The Morgan fingerprint density at radius 3 is 2.52 bits per heavy atom. The molecule has 4 heteroatoms. The fraction of sp³-hybridized carbons (Fsp3) is 0.217. The van der Waals surface area contributed by atoms with Gasteiger partial charge < -0.3 is 10.2 Å². The van der Waals surface area contributed by atoms with E-state index < -0.39 is 0 Å². The molecule has 0 aliphatic rings. The highest BCUT2D eigenvalue weighted by Gasteiger charge is 2.15. The molecule has 1 aromatic heterocycles. The monoisotopic (exact) mass is 359 g/mol. The average Bonchev–Trinajstić information content (AvgIpc) is 2.72. The number of hydrogen-bond acceptors (Lipinski definition) is 3. The number of hydrogen-bond donors (Lipinski definition) is 1. The van der Waals surface area contributed by atoms with Gasteiger partial charge in [0.15, 0.2) is 0 Å². The van der Waals surface area contributed by atoms with Crippen LogP contribution in [0.3, 0.4) is 0 Å². The summed E-state index contributed by atoms with van der Waals surface area (Å²) >= 11 is 0. The van der Waals surface area contributed by atoms with E-state index in [1.165, 1.54) is 11.1 Å². The van der Waals surface area contributed by atoms with Gasteiger partial charge in [-0.05, 0) is 42.7 Å². The first-order valence-electron chi connectivity index (χ1n) is 9.25. The topological polar surface area (TPSA) is 45.2 Å². The van der Waals surface area contributed by atoms with Gasteiger partial charge in [0.05, 0.1) is 0 Å². The largest absolute Gasteiger partial charge is 0.366 e. The summed E-state index contributed by atoms with van der Waals surface area (Å²) in [6, 6.07) is 21.9. The highest BCUT2D eigenvalue weighted by molar-refractivity contribution is 5.94. The van der Waals surface area contributed by atoms with E-state index in [-0.39, 0.29) is 5.91 Å². The van der Waals surface area contributed by atoms with Crippen molar-refractivity contribution in [1.82, 2.24) is 9.88 Å². The number of amides is 1. The second-order valence-electron chi connectivity index (χ2n) is 6.51. The third-order valence-electron chi connectivity index (χ3n) is 4.61. The summed E-state index contributed by atoms with van der Waals surface area (Å²) in [7, 11) is 0. The molecule has 0 bridgehead atoms. The number of pyridine rings is 1. The Balaban J connectivity index is 1.70. The maximum atomic E-state index is 12.9. The zero-order valence-corrected chi connectivity index (χ0v) is 15.9. The molecule has 0 radical (unpaired) electrons. The van der Waals surface area contributed by atoms with Gasteiger partial charge in [0, 0.05) is 31.4 Å². The van der Waals surface area contributed by atoms with Gasteiger partial charge in [-0.1, -0.05) is 54.6 Å². The second kappa shape index (κ2) is 8.99. The molecule has 0 unspecified atom stereocenters. The molecule has 0 saturated heterocycles. The fourth-order valence-corrected chi connectivity index (χ4v) is 2.97. The van der Waals surface area contributed by atoms with Crippen molar-refractivity contribution in [2.24, 2.45) is 0 Å². The van der Waals surface area contributed by atoms with Crippen LogP contribution in [0.15, 0.2) is 72.9 Å². The van der Waals surface area contributed by atoms with Crippen molar-refractivity contribution in [3.63, 3.8) is 0 Å². The molecule has 3 aromatic rings. The van der Waals surface area contributed by atoms with Gasteiger partial charge in [0.1, 0.15) is 5.82 Å². The second-order valence-corrected chi connectivity index (χ2v) is 6.51. The smallest absolute Gasteiger partial charge is 0.254 e. The van der Waals surface area contributed by atoms with E-state index in [1.54, 1.807) is 12.3 Å². The van der Waals surface area contributed by atoms with Gasteiger partial charge >= 0.3 is 0 Å². The lowest BCUT2D eigenvalue weighted by atomic mass is 10.1. The minimum absolute atomic E-state index is 0.0164. The Hall–Kier alpha value is -3.14. The van der Waals surface area contributed by atoms with Crippen molar-refractivity contribution < 1.29 is 4.79 Å². The molecule has 27 heavy (non-hydrogen) atoms. The molecule has 1 N–H and O–H groups in total. The van der Waals surface area contributed by atoms with E-state index in [4.69, 9.17) is 0 Å². The molecular formula is C23H25N3O. The number of rotatable bonds is 7. The van der Waals surface area contributed by atoms with Crippen LogP contribution in [-0.4, -0.2) is 22.3 Å². The Kier molecular flexibility index (Phi) is 6.21. The number of anilines is 1. The average molecular weight is 359 g/mol. The van der Waals surface area contributed by atoms with Crippen LogP contribution in [-0.2, 0) is 13.1 Å². The minimum atomic E-state index is 0.0164. The summed E-state index contributed by atoms with van der Waals surface area (Å²) in [5, 5.41) is 3.32. The molecule has 0 aliphatic carbocycles. The molecule has 4 nitrogen and oxygen atoms in total. The third kappa shape index (κ3) is 4.94. The number of carbonyl (C=O) groups is 1. The fourth-order valence-electron chi connectivity index (χ4n) is 2.97. The Labute approximate surface area is 160 Å². The summed E-state index contributed by atoms with van der Waals surface area (Å²) in [5.41, 5.74) is 4.22. The van der Waals surface area contributed by atoms with Crippen LogP contribution in [0.1, 0.15) is 34.0 Å². The van der Waals surface area contributed by atoms with Gasteiger partial charge in [-0.25, -0.2) is 4.98 Å². The lowest BCUT2D eigenvalue weighted by molar-refractivity contribution is 0.0752. The lowest BCUT2D eigenvalue weighted by Gasteiger charge is -2.21. The molecule has 138 valence electrons. The molecule has 1 heterocycles. The van der Waals surface area contributed by atoms with Crippen molar-refractivity contribution in [2.75, 3.05) is 11.9 Å². The molecular weight excluding hydrogens is 334 g/mol. The first-order chi connectivity index (χ1) is 13.2. The molecule has 0 atom stereocenters. The number of nitrogens with one attached hydrogen (secondary N) is 1. The van der Waals surface area contributed by atoms with Crippen molar-refractivity contribution in [3.8, 4) is 0 Å². The molecule has 0 aliphatic heterocycles. The van der Waals surface area contributed by atoms with Crippen LogP contribution in [0.5, 0.6) is 0 Å². The number of aryl methyl sites for hydroxylation is 1. The minimum Gasteiger partial charge on any atom is -0.366 e. The van der Waals surface area contributed by atoms with Gasteiger partial charge in [-0.2, -0.15) is 0 Å². The van der Waals surface area contributed by atoms with E-state index in [0.29, 0.717) is 31.0 Å². The highest BCUT2D eigenvalue weighted by Crippen LogP contribution is 2.14. The summed E-state index contributed by atoms with van der Waals surface area (Å²) in [4.78, 5) is 19.1. The van der Waals surface area contributed by atoms with E-state index in [2.05, 4.69) is 29.4 Å². The summed E-state index contributed by atoms with van der Waals surface area (Å²) in [6.07, 6.45) is 1.68. The molecule has 2 aromatic carbocycles. The predicted molar refractivity (Wildman–Crippen MR) is 110 cm³/mol. The lowest BCUT2D eigenvalue weighted by Crippen LogP contribution is -2.30. The number of carbonyl (C=O) groups excluding carboxylic acids is 1. The Morgan fingerprint density at radius 1 is 1.04 bits per heavy atom. The van der Waals surface area contributed by atoms with Crippen LogP contribution in [0.4, 0.5) is 5.82 Å². The maximum absolute atomic E-state index is 12.9. The SMILES string of the molecule is CCN(Cc1ccccc1)C(=O)c1ccnc(NCc2ccccc2C)c1. The van der Waals surface area contributed by atoms with Gasteiger partial charge in [-0.15, -0.1) is 0 Å². The third-order valence-corrected chi connectivity index (χ3v) is 4.61. The van der Waals surface area contributed by atoms with E-state index >= 15 is 0 Å². The molecule has 0 saturated carbocycles. The molecule has 3 rings (SSSR count). The number of aromatic nitrogens is 1. The normalized spacial score (nSPS) is 10.4. The van der Waals surface area contributed by atoms with Crippen molar-refractivity contribution in [2.45, 2.75) is 26.9 Å². The van der Waals surface area contributed by atoms with Crippen LogP contribution in [0.25, 0.3) is 0 Å². The molecule has 0 spiro atoms. The first kappa shape index (κ1) is 18.6. The van der Waals surface area contributed by atoms with Crippen molar-refractivity contribution in [3.05, 3.63) is 95.2 Å². The summed E-state index contributed by atoms with van der Waals surface area (Å²) in [6.45, 7) is 6.03. The quantitative estimate of drug-likeness (QED) is 0.667. The predicted octanol–water partition coefficient (Wildman–Crippen LogP) is 4.66. The summed E-state index contributed by atoms with van der Waals surface area (Å²) < 4.78 is 0. The Bertz CT molecular complexity index is 893. The van der Waals surface area contributed by atoms with Gasteiger partial charge in [0.2, 0.25) is 0 Å². The van der Waals surface area contributed by atoms with E-state index in [1.807, 2.05) is 60.4 Å².